The molecule has 150 valence electrons. The summed E-state index contributed by atoms with van der Waals surface area (Å²) in [4.78, 5) is 14.8. The Morgan fingerprint density at radius 1 is 1.07 bits per heavy atom. The van der Waals surface area contributed by atoms with Gasteiger partial charge in [0.05, 0.1) is 27.9 Å². The van der Waals surface area contributed by atoms with Gasteiger partial charge in [0.15, 0.2) is 0 Å². The van der Waals surface area contributed by atoms with Crippen LogP contribution in [0.25, 0.3) is 0 Å². The quantitative estimate of drug-likeness (QED) is 0.758. The molecule has 6 heteroatoms. The fourth-order valence-corrected chi connectivity index (χ4v) is 3.75. The molecule has 1 fully saturated rings. The maximum atomic E-state index is 12.6. The molecular formula is C22H28N2O4. The third-order valence-electron chi connectivity index (χ3n) is 5.17. The molecule has 0 saturated carbocycles. The number of rotatable bonds is 8. The molecule has 1 saturated heterocycles. The van der Waals surface area contributed by atoms with Gasteiger partial charge in [-0.2, -0.15) is 0 Å². The summed E-state index contributed by atoms with van der Waals surface area (Å²) in [7, 11) is 4.96. The Balaban J connectivity index is 1.66. The van der Waals surface area contributed by atoms with Gasteiger partial charge in [0, 0.05) is 23.7 Å². The number of carbonyl (C=O) groups excluding carboxylic acids is 1. The lowest BCUT2D eigenvalue weighted by Crippen LogP contribution is -2.36. The van der Waals surface area contributed by atoms with E-state index in [4.69, 9.17) is 14.2 Å². The second kappa shape index (κ2) is 9.46. The molecule has 28 heavy (non-hydrogen) atoms. The molecule has 1 atom stereocenters. The van der Waals surface area contributed by atoms with Crippen LogP contribution in [-0.2, 0) is 11.3 Å². The topological polar surface area (TPSA) is 60.0 Å². The predicted molar refractivity (Wildman–Crippen MR) is 108 cm³/mol. The van der Waals surface area contributed by atoms with Crippen molar-refractivity contribution in [3.8, 4) is 17.2 Å². The Morgan fingerprint density at radius 2 is 1.86 bits per heavy atom. The van der Waals surface area contributed by atoms with Crippen LogP contribution in [0.15, 0.2) is 42.5 Å². The number of nitrogens with zero attached hydrogens (tertiary/aromatic N) is 1. The van der Waals surface area contributed by atoms with Crippen molar-refractivity contribution in [1.29, 1.82) is 0 Å². The molecule has 1 amide bonds. The molecule has 2 aromatic carbocycles. The molecule has 0 spiro atoms. The molecule has 6 nitrogen and oxygen atoms in total. The summed E-state index contributed by atoms with van der Waals surface area (Å²) in [6.45, 7) is 1.68. The predicted octanol–water partition coefficient (Wildman–Crippen LogP) is 3.17. The smallest absolute Gasteiger partial charge is 0.234 e. The second-order valence-corrected chi connectivity index (χ2v) is 6.82. The normalized spacial score (nSPS) is 16.6. The van der Waals surface area contributed by atoms with E-state index in [0.29, 0.717) is 13.1 Å². The Kier molecular flexibility index (Phi) is 6.76. The summed E-state index contributed by atoms with van der Waals surface area (Å²) in [6, 6.07) is 13.7. The molecule has 0 aliphatic carbocycles. The Morgan fingerprint density at radius 3 is 2.61 bits per heavy atom. The molecule has 2 aromatic rings. The Bertz CT molecular complexity index is 809. The van der Waals surface area contributed by atoms with Gasteiger partial charge in [0.25, 0.3) is 0 Å². The molecule has 1 heterocycles. The van der Waals surface area contributed by atoms with Crippen molar-refractivity contribution in [2.45, 2.75) is 25.4 Å². The van der Waals surface area contributed by atoms with Gasteiger partial charge in [-0.1, -0.05) is 18.2 Å². The molecule has 1 aliphatic rings. The van der Waals surface area contributed by atoms with Gasteiger partial charge < -0.3 is 19.5 Å². The maximum Gasteiger partial charge on any atom is 0.234 e. The zero-order valence-corrected chi connectivity index (χ0v) is 16.7. The number of hydrogen-bond donors (Lipinski definition) is 1. The minimum Gasteiger partial charge on any atom is -0.497 e. The number of carbonyl (C=O) groups is 1. The van der Waals surface area contributed by atoms with Crippen molar-refractivity contribution in [3.05, 3.63) is 53.6 Å². The zero-order valence-electron chi connectivity index (χ0n) is 16.7. The number of nitrogens with one attached hydrogen (secondary N) is 1. The van der Waals surface area contributed by atoms with Crippen molar-refractivity contribution in [1.82, 2.24) is 10.2 Å². The first kappa shape index (κ1) is 20.0. The standard InChI is InChI=1S/C22H28N2O4/c1-26-17-10-11-21(28-3)18(13-17)19-8-6-12-24(19)15-22(25)23-14-16-7-4-5-9-20(16)27-2/h4-5,7,9-11,13,19H,6,8,12,14-15H2,1-3H3,(H,23,25)/t19-/m1/s1. The van der Waals surface area contributed by atoms with Crippen LogP contribution in [0, 0.1) is 0 Å². The van der Waals surface area contributed by atoms with E-state index in [0.717, 1.165) is 47.8 Å². The molecule has 0 radical (unpaired) electrons. The summed E-state index contributed by atoms with van der Waals surface area (Å²) in [5.41, 5.74) is 2.03. The zero-order chi connectivity index (χ0) is 19.9. The summed E-state index contributed by atoms with van der Waals surface area (Å²) in [5.74, 6) is 2.40. The largest absolute Gasteiger partial charge is 0.497 e. The Labute approximate surface area is 166 Å². The summed E-state index contributed by atoms with van der Waals surface area (Å²) >= 11 is 0. The van der Waals surface area contributed by atoms with Crippen molar-refractivity contribution in [3.63, 3.8) is 0 Å². The molecule has 1 N–H and O–H groups in total. The van der Waals surface area contributed by atoms with Gasteiger partial charge in [-0.15, -0.1) is 0 Å². The summed E-state index contributed by atoms with van der Waals surface area (Å²) < 4.78 is 16.3. The lowest BCUT2D eigenvalue weighted by Gasteiger charge is -2.26. The van der Waals surface area contributed by atoms with Gasteiger partial charge in [-0.3, -0.25) is 9.69 Å². The van der Waals surface area contributed by atoms with Crippen LogP contribution in [0.1, 0.15) is 30.0 Å². The highest BCUT2D eigenvalue weighted by Crippen LogP contribution is 2.38. The summed E-state index contributed by atoms with van der Waals surface area (Å²) in [5, 5.41) is 3.01. The van der Waals surface area contributed by atoms with E-state index in [1.165, 1.54) is 0 Å². The average Bonchev–Trinajstić information content (AvgIpc) is 3.19. The van der Waals surface area contributed by atoms with E-state index in [1.807, 2.05) is 42.5 Å². The van der Waals surface area contributed by atoms with Crippen LogP contribution in [0.2, 0.25) is 0 Å². The number of benzene rings is 2. The highest BCUT2D eigenvalue weighted by Gasteiger charge is 2.30. The van der Waals surface area contributed by atoms with Crippen molar-refractivity contribution in [2.24, 2.45) is 0 Å². The summed E-state index contributed by atoms with van der Waals surface area (Å²) in [6.07, 6.45) is 2.04. The number of ether oxygens (including phenoxy) is 3. The second-order valence-electron chi connectivity index (χ2n) is 6.82. The fourth-order valence-electron chi connectivity index (χ4n) is 3.75. The van der Waals surface area contributed by atoms with Crippen LogP contribution < -0.4 is 19.5 Å². The number of methoxy groups -OCH3 is 3. The Hall–Kier alpha value is -2.73. The fraction of sp³-hybridized carbons (Fsp3) is 0.409. The van der Waals surface area contributed by atoms with E-state index in [9.17, 15) is 4.79 Å². The molecule has 1 aliphatic heterocycles. The van der Waals surface area contributed by atoms with Crippen molar-refractivity contribution in [2.75, 3.05) is 34.4 Å². The number of likely N-dealkylation sites (tertiary alicyclic amines) is 1. The minimum absolute atomic E-state index is 0.000306. The first-order valence-corrected chi connectivity index (χ1v) is 9.50. The molecule has 0 aromatic heterocycles. The molecular weight excluding hydrogens is 356 g/mol. The number of amides is 1. The van der Waals surface area contributed by atoms with Crippen LogP contribution in [-0.4, -0.2) is 45.2 Å². The third-order valence-corrected chi connectivity index (χ3v) is 5.17. The lowest BCUT2D eigenvalue weighted by atomic mass is 10.0. The van der Waals surface area contributed by atoms with Crippen LogP contribution >= 0.6 is 0 Å². The van der Waals surface area contributed by atoms with Gasteiger partial charge in [0.2, 0.25) is 5.91 Å². The van der Waals surface area contributed by atoms with Crippen molar-refractivity contribution < 1.29 is 19.0 Å². The van der Waals surface area contributed by atoms with Crippen LogP contribution in [0.5, 0.6) is 17.2 Å². The molecule has 0 unspecified atom stereocenters. The van der Waals surface area contributed by atoms with Gasteiger partial charge in [-0.25, -0.2) is 0 Å². The van der Waals surface area contributed by atoms with E-state index in [2.05, 4.69) is 10.2 Å². The number of hydrogen-bond acceptors (Lipinski definition) is 5. The van der Waals surface area contributed by atoms with Crippen LogP contribution in [0.3, 0.4) is 0 Å². The van der Waals surface area contributed by atoms with Crippen LogP contribution in [0.4, 0.5) is 0 Å². The average molecular weight is 384 g/mol. The molecule has 0 bridgehead atoms. The van der Waals surface area contributed by atoms with E-state index in [1.54, 1.807) is 21.3 Å². The van der Waals surface area contributed by atoms with E-state index >= 15 is 0 Å². The van der Waals surface area contributed by atoms with Gasteiger partial charge in [-0.05, 0) is 43.7 Å². The SMILES string of the molecule is COc1ccc(OC)c([C@H]2CCCN2CC(=O)NCc2ccccc2OC)c1. The van der Waals surface area contributed by atoms with Crippen molar-refractivity contribution >= 4 is 5.91 Å². The van der Waals surface area contributed by atoms with Gasteiger partial charge >= 0.3 is 0 Å². The maximum absolute atomic E-state index is 12.6. The minimum atomic E-state index is -0.000306. The first-order chi connectivity index (χ1) is 13.7. The highest BCUT2D eigenvalue weighted by atomic mass is 16.5. The molecule has 3 rings (SSSR count). The van der Waals surface area contributed by atoms with E-state index in [-0.39, 0.29) is 11.9 Å². The van der Waals surface area contributed by atoms with E-state index < -0.39 is 0 Å². The van der Waals surface area contributed by atoms with Gasteiger partial charge in [0.1, 0.15) is 17.2 Å². The first-order valence-electron chi connectivity index (χ1n) is 9.50. The monoisotopic (exact) mass is 384 g/mol. The third kappa shape index (κ3) is 4.57. The lowest BCUT2D eigenvalue weighted by molar-refractivity contribution is -0.122. The highest BCUT2D eigenvalue weighted by molar-refractivity contribution is 5.78. The number of para-hydroxylation sites is 1.